The van der Waals surface area contributed by atoms with Crippen LogP contribution in [0.25, 0.3) is 27.7 Å². The summed E-state index contributed by atoms with van der Waals surface area (Å²) in [5, 5.41) is 14.3. The van der Waals surface area contributed by atoms with Gasteiger partial charge < -0.3 is 16.2 Å². The summed E-state index contributed by atoms with van der Waals surface area (Å²) in [6.07, 6.45) is 18.0. The average Bonchev–Trinajstić information content (AvgIpc) is 3.82. The zero-order chi connectivity index (χ0) is 45.1. The van der Waals surface area contributed by atoms with Crippen molar-refractivity contribution in [3.8, 4) is 17.0 Å². The van der Waals surface area contributed by atoms with Gasteiger partial charge in [-0.15, -0.1) is 0 Å². The summed E-state index contributed by atoms with van der Waals surface area (Å²) >= 11 is 0. The molecule has 4 N–H and O–H groups in total. The quantitative estimate of drug-likeness (QED) is 0.177. The van der Waals surface area contributed by atoms with Crippen LogP contribution in [0.5, 0.6) is 5.75 Å². The molecule has 3 aliphatic rings. The minimum atomic E-state index is -0.769. The molecule has 1 aliphatic carbocycles. The Kier molecular flexibility index (Phi) is 27.6. The van der Waals surface area contributed by atoms with E-state index in [4.69, 9.17) is 5.73 Å². The molecule has 1 saturated carbocycles. The molecule has 0 radical (unpaired) electrons. The topological polar surface area (TPSA) is 99.1 Å². The zero-order valence-corrected chi connectivity index (χ0v) is 39.1. The highest BCUT2D eigenvalue weighted by atomic mass is 19.1. The second kappa shape index (κ2) is 29.8. The predicted octanol–water partition coefficient (Wildman–Crippen LogP) is 13.9. The SMILES string of the molecule is C1CCC1.C=Nc1c(C(=C)NC/C(N)=C/C(=NC)C(=C)C)cnc(-c2cc(O)cc3ccc(F)c(CC)c23)c1F.CC.CC.CC.CCC.CCC12CCCN1CCC2. The van der Waals surface area contributed by atoms with Crippen molar-refractivity contribution < 1.29 is 13.9 Å². The molecule has 7 nitrogen and oxygen atoms in total. The maximum absolute atomic E-state index is 15.8. The Bertz CT molecular complexity index is 1780. The van der Waals surface area contributed by atoms with Gasteiger partial charge in [-0.1, -0.05) is 121 Å². The minimum absolute atomic E-state index is 0.0799. The molecule has 0 unspecified atom stereocenters. The number of nitrogens with zero attached hydrogens (tertiary/aromatic N) is 4. The van der Waals surface area contributed by atoms with Gasteiger partial charge in [-0.05, 0) is 111 Å². The van der Waals surface area contributed by atoms with Crippen molar-refractivity contribution in [1.82, 2.24) is 15.2 Å². The summed E-state index contributed by atoms with van der Waals surface area (Å²) in [5.41, 5.74) is 9.77. The van der Waals surface area contributed by atoms with Crippen LogP contribution in [-0.4, -0.2) is 59.6 Å². The number of halogens is 2. The molecule has 0 bridgehead atoms. The van der Waals surface area contributed by atoms with Crippen molar-refractivity contribution in [2.24, 2.45) is 15.7 Å². The van der Waals surface area contributed by atoms with Crippen LogP contribution >= 0.6 is 0 Å². The molecular weight excluding hydrogens is 739 g/mol. The van der Waals surface area contributed by atoms with Gasteiger partial charge >= 0.3 is 0 Å². The van der Waals surface area contributed by atoms with Crippen molar-refractivity contribution in [2.75, 3.05) is 26.7 Å². The molecule has 3 aromatic rings. The highest BCUT2D eigenvalue weighted by Crippen LogP contribution is 2.41. The van der Waals surface area contributed by atoms with Crippen molar-refractivity contribution in [3.05, 3.63) is 83.7 Å². The molecule has 9 heteroatoms. The molecule has 2 aromatic carbocycles. The first-order valence-electron chi connectivity index (χ1n) is 22.3. The van der Waals surface area contributed by atoms with Crippen LogP contribution in [-0.2, 0) is 6.42 Å². The maximum Gasteiger partial charge on any atom is 0.175 e. The van der Waals surface area contributed by atoms with Gasteiger partial charge in [0.05, 0.1) is 12.3 Å². The number of phenolic OH excluding ortho intramolecular Hbond substituents is 1. The molecule has 3 heterocycles. The number of aliphatic imine (C=N–C) groups is 2. The number of nitrogens with two attached hydrogens (primary N) is 1. The summed E-state index contributed by atoms with van der Waals surface area (Å²) in [7, 11) is 1.64. The third kappa shape index (κ3) is 15.6. The maximum atomic E-state index is 15.8. The number of nitrogens with one attached hydrogen (secondary N) is 1. The van der Waals surface area contributed by atoms with Gasteiger partial charge in [0.15, 0.2) is 5.82 Å². The number of hydrogen-bond acceptors (Lipinski definition) is 7. The fraction of sp³-hybridized carbons (Fsp3) is 0.540. The van der Waals surface area contributed by atoms with Crippen LogP contribution in [0.1, 0.15) is 151 Å². The first kappa shape index (κ1) is 54.6. The highest BCUT2D eigenvalue weighted by molar-refractivity contribution is 6.07. The number of rotatable bonds is 10. The number of benzene rings is 2. The van der Waals surface area contributed by atoms with Crippen molar-refractivity contribution in [3.63, 3.8) is 0 Å². The van der Waals surface area contributed by atoms with Gasteiger partial charge in [-0.2, -0.15) is 0 Å². The number of hydrogen-bond donors (Lipinski definition) is 3. The van der Waals surface area contributed by atoms with Gasteiger partial charge in [0, 0.05) is 41.3 Å². The van der Waals surface area contributed by atoms with Gasteiger partial charge in [-0.25, -0.2) is 8.78 Å². The van der Waals surface area contributed by atoms with Crippen molar-refractivity contribution in [1.29, 1.82) is 0 Å². The smallest absolute Gasteiger partial charge is 0.175 e. The summed E-state index contributed by atoms with van der Waals surface area (Å²) < 4.78 is 30.4. The molecule has 3 fully saturated rings. The molecule has 1 aromatic heterocycles. The summed E-state index contributed by atoms with van der Waals surface area (Å²) in [6.45, 7) is 36.5. The Morgan fingerprint density at radius 2 is 1.51 bits per heavy atom. The Labute approximate surface area is 358 Å². The number of aromatic nitrogens is 1. The van der Waals surface area contributed by atoms with E-state index in [2.05, 4.69) is 65.8 Å². The number of aryl methyl sites for hydroxylation is 1. The lowest BCUT2D eigenvalue weighted by Crippen LogP contribution is -2.37. The van der Waals surface area contributed by atoms with Gasteiger partial charge in [0.1, 0.15) is 22.9 Å². The van der Waals surface area contributed by atoms with Gasteiger partial charge in [0.2, 0.25) is 0 Å². The van der Waals surface area contributed by atoms with E-state index in [1.807, 2.05) is 48.5 Å². The van der Waals surface area contributed by atoms with Gasteiger partial charge in [0.25, 0.3) is 0 Å². The Hall–Kier alpha value is -4.37. The molecule has 2 saturated heterocycles. The standard InChI is InChI=1S/C28H29F2N5O.C9H17N.C4H8.C3H8.3C2H6/c1-7-20-23(29)9-8-17-10-19(36)12-21(25(17)20)28-26(30)27(33-6)22(14-35-28)16(4)34-13-18(31)11-24(32-5)15(2)3;1-2-9-5-3-7-10(9)8-4-6-9;1-2-4-3-1;1-3-2;3*1-2/h8-12,14,34,36H,2,4,6-7,13,31H2,1,3,5H3;2-8H2,1H3;1-4H2;3H2,1-2H3;3*1-2H3/b18-11-,32-24?;;;;;;. The lowest BCUT2D eigenvalue weighted by atomic mass is 9.91. The largest absolute Gasteiger partial charge is 0.508 e. The first-order valence-corrected chi connectivity index (χ1v) is 22.3. The predicted molar refractivity (Wildman–Crippen MR) is 256 cm³/mol. The Balaban J connectivity index is 0.00000118. The molecule has 0 amide bonds. The fourth-order valence-electron chi connectivity index (χ4n) is 7.03. The lowest BCUT2D eigenvalue weighted by Gasteiger charge is -2.30. The van der Waals surface area contributed by atoms with E-state index in [1.165, 1.54) is 108 Å². The summed E-state index contributed by atoms with van der Waals surface area (Å²) in [4.78, 5) is 15.0. The third-order valence-electron chi connectivity index (χ3n) is 10.2. The van der Waals surface area contributed by atoms with Crippen LogP contribution in [0, 0.1) is 11.6 Å². The first-order chi connectivity index (χ1) is 28.4. The normalized spacial score (nSPS) is 14.8. The number of aromatic hydroxyl groups is 1. The average molecular weight is 819 g/mol. The van der Waals surface area contributed by atoms with Gasteiger partial charge in [-0.3, -0.25) is 19.9 Å². The molecule has 330 valence electrons. The van der Waals surface area contributed by atoms with E-state index in [0.29, 0.717) is 45.4 Å². The third-order valence-corrected chi connectivity index (χ3v) is 10.2. The minimum Gasteiger partial charge on any atom is -0.508 e. The van der Waals surface area contributed by atoms with E-state index < -0.39 is 11.6 Å². The monoisotopic (exact) mass is 819 g/mol. The molecule has 0 spiro atoms. The van der Waals surface area contributed by atoms with Crippen LogP contribution in [0.15, 0.2) is 71.0 Å². The highest BCUT2D eigenvalue weighted by Gasteiger charge is 2.42. The van der Waals surface area contributed by atoms with E-state index in [9.17, 15) is 9.50 Å². The molecular formula is C50H80F2N6O. The molecule has 59 heavy (non-hydrogen) atoms. The van der Waals surface area contributed by atoms with Crippen molar-refractivity contribution >= 4 is 34.6 Å². The molecule has 2 aliphatic heterocycles. The van der Waals surface area contributed by atoms with Crippen LogP contribution in [0.2, 0.25) is 0 Å². The number of fused-ring (bicyclic) bond motifs is 2. The second-order valence-corrected chi connectivity index (χ2v) is 14.1. The van der Waals surface area contributed by atoms with Crippen molar-refractivity contribution in [2.45, 2.75) is 152 Å². The fourth-order valence-corrected chi connectivity index (χ4v) is 7.03. The molecule has 0 atom stereocenters. The van der Waals surface area contributed by atoms with E-state index in [0.717, 1.165) is 5.57 Å². The summed E-state index contributed by atoms with van der Waals surface area (Å²) in [6, 6.07) is 5.74. The Morgan fingerprint density at radius 1 is 0.949 bits per heavy atom. The van der Waals surface area contributed by atoms with Crippen LogP contribution in [0.4, 0.5) is 14.5 Å². The lowest BCUT2D eigenvalue weighted by molar-refractivity contribution is 0.189. The van der Waals surface area contributed by atoms with E-state index >= 15 is 4.39 Å². The molecule has 6 rings (SSSR count). The van der Waals surface area contributed by atoms with Crippen LogP contribution in [0.3, 0.4) is 0 Å². The number of phenols is 1. The van der Waals surface area contributed by atoms with Crippen LogP contribution < -0.4 is 11.1 Å². The Morgan fingerprint density at radius 3 is 1.95 bits per heavy atom. The van der Waals surface area contributed by atoms with E-state index in [1.54, 1.807) is 20.0 Å². The second-order valence-electron chi connectivity index (χ2n) is 14.1. The zero-order valence-electron chi connectivity index (χ0n) is 39.1. The van der Waals surface area contributed by atoms with E-state index in [-0.39, 0.29) is 34.8 Å². The summed E-state index contributed by atoms with van der Waals surface area (Å²) in [5.74, 6) is -1.28. The number of pyridine rings is 1. The number of allylic oxidation sites excluding steroid dienone is 2.